The number of benzene rings is 2. The first kappa shape index (κ1) is 18.3. The number of hydrogen-bond donors (Lipinski definition) is 1. The number of aryl methyl sites for hydroxylation is 1. The van der Waals surface area contributed by atoms with Gasteiger partial charge in [-0.3, -0.25) is 4.72 Å². The third-order valence-corrected chi connectivity index (χ3v) is 5.54. The van der Waals surface area contributed by atoms with Crippen LogP contribution >= 0.6 is 0 Å². The minimum Gasteiger partial charge on any atom is -0.404 e. The molecule has 0 amide bonds. The zero-order chi connectivity index (χ0) is 19.1. The molecule has 4 nitrogen and oxygen atoms in total. The molecule has 0 bridgehead atoms. The van der Waals surface area contributed by atoms with Gasteiger partial charge in [0.15, 0.2) is 0 Å². The van der Waals surface area contributed by atoms with Crippen molar-refractivity contribution in [2.45, 2.75) is 31.5 Å². The number of hydrogen-bond acceptors (Lipinski definition) is 3. The Morgan fingerprint density at radius 2 is 1.77 bits per heavy atom. The molecule has 0 saturated carbocycles. The predicted molar refractivity (Wildman–Crippen MR) is 92.5 cm³/mol. The Morgan fingerprint density at radius 3 is 2.46 bits per heavy atom. The minimum absolute atomic E-state index is 0.348. The molecule has 2 aromatic rings. The second-order valence-electron chi connectivity index (χ2n) is 5.97. The van der Waals surface area contributed by atoms with E-state index in [2.05, 4.69) is 9.46 Å². The lowest BCUT2D eigenvalue weighted by atomic mass is 9.99. The first-order valence-corrected chi connectivity index (χ1v) is 9.24. The molecule has 3 rings (SSSR count). The predicted octanol–water partition coefficient (Wildman–Crippen LogP) is 4.65. The Morgan fingerprint density at radius 1 is 1.08 bits per heavy atom. The van der Waals surface area contributed by atoms with Gasteiger partial charge in [-0.05, 0) is 60.7 Å². The molecule has 1 N–H and O–H groups in total. The van der Waals surface area contributed by atoms with Crippen LogP contribution in [0.3, 0.4) is 0 Å². The number of rotatable bonds is 4. The Bertz CT molecular complexity index is 995. The first-order valence-electron chi connectivity index (χ1n) is 7.76. The van der Waals surface area contributed by atoms with Crippen molar-refractivity contribution in [2.24, 2.45) is 0 Å². The number of sulfonamides is 1. The van der Waals surface area contributed by atoms with E-state index in [9.17, 15) is 21.6 Å². The van der Waals surface area contributed by atoms with Crippen molar-refractivity contribution in [2.75, 3.05) is 4.72 Å². The maximum Gasteiger partial charge on any atom is 0.573 e. The molecule has 0 atom stereocenters. The van der Waals surface area contributed by atoms with Gasteiger partial charge in [-0.2, -0.15) is 0 Å². The van der Waals surface area contributed by atoms with Gasteiger partial charge in [0.2, 0.25) is 0 Å². The van der Waals surface area contributed by atoms with Crippen molar-refractivity contribution in [3.05, 3.63) is 59.2 Å². The molecule has 0 spiro atoms. The number of para-hydroxylation sites is 1. The van der Waals surface area contributed by atoms with Gasteiger partial charge in [0, 0.05) is 0 Å². The van der Waals surface area contributed by atoms with E-state index < -0.39 is 27.0 Å². The molecule has 2 aromatic carbocycles. The zero-order valence-electron chi connectivity index (χ0n) is 14.0. The summed E-state index contributed by atoms with van der Waals surface area (Å²) < 4.78 is 69.3. The number of anilines is 1. The fourth-order valence-electron chi connectivity index (χ4n) is 3.06. The first-order chi connectivity index (χ1) is 12.1. The van der Waals surface area contributed by atoms with Gasteiger partial charge >= 0.3 is 6.36 Å². The van der Waals surface area contributed by atoms with E-state index in [0.29, 0.717) is 12.1 Å². The monoisotopic (exact) mass is 383 g/mol. The second-order valence-corrected chi connectivity index (χ2v) is 7.63. The fourth-order valence-corrected chi connectivity index (χ4v) is 4.28. The molecular weight excluding hydrogens is 367 g/mol. The molecule has 0 aliphatic heterocycles. The Hall–Kier alpha value is -2.48. The number of fused-ring (bicyclic) bond motifs is 1. The average Bonchev–Trinajstić information content (AvgIpc) is 2.92. The number of nitrogens with one attached hydrogen (secondary N) is 1. The van der Waals surface area contributed by atoms with Crippen LogP contribution in [0.2, 0.25) is 0 Å². The van der Waals surface area contributed by atoms with E-state index in [4.69, 9.17) is 0 Å². The molecule has 26 heavy (non-hydrogen) atoms. The summed E-state index contributed by atoms with van der Waals surface area (Å²) in [5.74, 6) is -0.773. The van der Waals surface area contributed by atoms with E-state index in [1.165, 1.54) is 12.1 Å². The number of ether oxygens (including phenoxy) is 1. The molecule has 138 valence electrons. The maximum absolute atomic E-state index is 12.7. The van der Waals surface area contributed by atoms with Crippen LogP contribution < -0.4 is 9.46 Å². The van der Waals surface area contributed by atoms with Crippen molar-refractivity contribution in [1.82, 2.24) is 0 Å². The normalized spacial score (nSPS) is 14.0. The lowest BCUT2D eigenvalue weighted by molar-refractivity contribution is -0.275. The smallest absolute Gasteiger partial charge is 0.404 e. The van der Waals surface area contributed by atoms with Crippen LogP contribution in [0, 0.1) is 6.92 Å². The van der Waals surface area contributed by atoms with Crippen LogP contribution in [0.5, 0.6) is 5.75 Å². The summed E-state index contributed by atoms with van der Waals surface area (Å²) in [6.07, 6.45) is -2.45. The SMILES string of the molecule is CC1=CCc2c(NS(=O)(=O)c3ccccc3OC(F)(F)F)ccc(C)c21. The number of allylic oxidation sites excluding steroid dienone is 2. The van der Waals surface area contributed by atoms with E-state index >= 15 is 0 Å². The van der Waals surface area contributed by atoms with E-state index in [1.54, 1.807) is 12.1 Å². The topological polar surface area (TPSA) is 55.4 Å². The van der Waals surface area contributed by atoms with Crippen LogP contribution in [0.4, 0.5) is 18.9 Å². The summed E-state index contributed by atoms with van der Waals surface area (Å²) in [5, 5.41) is 0. The molecule has 8 heteroatoms. The highest BCUT2D eigenvalue weighted by Crippen LogP contribution is 2.37. The summed E-state index contributed by atoms with van der Waals surface area (Å²) in [4.78, 5) is -0.575. The minimum atomic E-state index is -4.99. The van der Waals surface area contributed by atoms with Crippen LogP contribution in [0.25, 0.3) is 5.57 Å². The van der Waals surface area contributed by atoms with Gasteiger partial charge in [0.1, 0.15) is 10.6 Å². The van der Waals surface area contributed by atoms with Crippen LogP contribution in [-0.2, 0) is 16.4 Å². The van der Waals surface area contributed by atoms with Crippen LogP contribution in [0.1, 0.15) is 23.6 Å². The van der Waals surface area contributed by atoms with Gasteiger partial charge < -0.3 is 4.74 Å². The van der Waals surface area contributed by atoms with Gasteiger partial charge in [0.25, 0.3) is 10.0 Å². The van der Waals surface area contributed by atoms with Gasteiger partial charge in [-0.1, -0.05) is 24.3 Å². The Kier molecular flexibility index (Phi) is 4.47. The molecule has 0 radical (unpaired) electrons. The quantitative estimate of drug-likeness (QED) is 0.836. The molecule has 0 heterocycles. The van der Waals surface area contributed by atoms with Crippen molar-refractivity contribution in [1.29, 1.82) is 0 Å². The van der Waals surface area contributed by atoms with Gasteiger partial charge in [0.05, 0.1) is 5.69 Å². The van der Waals surface area contributed by atoms with Crippen molar-refractivity contribution in [3.63, 3.8) is 0 Å². The summed E-state index contributed by atoms with van der Waals surface area (Å²) in [6.45, 7) is 3.86. The molecule has 1 aliphatic carbocycles. The van der Waals surface area contributed by atoms with Crippen LogP contribution in [0.15, 0.2) is 47.4 Å². The summed E-state index contributed by atoms with van der Waals surface area (Å²) in [7, 11) is -4.27. The van der Waals surface area contributed by atoms with E-state index in [-0.39, 0.29) is 0 Å². The Balaban J connectivity index is 2.00. The number of alkyl halides is 3. The van der Waals surface area contributed by atoms with Gasteiger partial charge in [-0.25, -0.2) is 8.42 Å². The zero-order valence-corrected chi connectivity index (χ0v) is 14.8. The van der Waals surface area contributed by atoms with Crippen LogP contribution in [-0.4, -0.2) is 14.8 Å². The summed E-state index contributed by atoms with van der Waals surface area (Å²) in [5.41, 5.74) is 4.17. The maximum atomic E-state index is 12.7. The number of halogens is 3. The largest absolute Gasteiger partial charge is 0.573 e. The fraction of sp³-hybridized carbons (Fsp3) is 0.222. The molecule has 0 aromatic heterocycles. The van der Waals surface area contributed by atoms with E-state index in [1.807, 2.05) is 19.9 Å². The third-order valence-electron chi connectivity index (χ3n) is 4.14. The van der Waals surface area contributed by atoms with Crippen molar-refractivity contribution in [3.8, 4) is 5.75 Å². The molecule has 0 fully saturated rings. The molecule has 0 unspecified atom stereocenters. The lowest BCUT2D eigenvalue weighted by Gasteiger charge is -2.17. The third kappa shape index (κ3) is 3.55. The van der Waals surface area contributed by atoms with Crippen molar-refractivity contribution >= 4 is 21.3 Å². The molecule has 1 aliphatic rings. The Labute approximate surface area is 149 Å². The highest BCUT2D eigenvalue weighted by Gasteiger charge is 2.34. The average molecular weight is 383 g/mol. The standard InChI is InChI=1S/C18H16F3NO3S/c1-11-7-9-13-14(10-8-12(2)17(11)13)22-26(23,24)16-6-4-3-5-15(16)25-18(19,20)21/h3-8,10,22H,9H2,1-2H3. The van der Waals surface area contributed by atoms with Crippen molar-refractivity contribution < 1.29 is 26.3 Å². The highest BCUT2D eigenvalue weighted by atomic mass is 32.2. The second kappa shape index (κ2) is 6.35. The molecular formula is C18H16F3NO3S. The lowest BCUT2D eigenvalue weighted by Crippen LogP contribution is -2.21. The van der Waals surface area contributed by atoms with E-state index in [0.717, 1.165) is 34.4 Å². The molecule has 0 saturated heterocycles. The van der Waals surface area contributed by atoms with Gasteiger partial charge in [-0.15, -0.1) is 13.2 Å². The highest BCUT2D eigenvalue weighted by molar-refractivity contribution is 7.92. The summed E-state index contributed by atoms with van der Waals surface area (Å²) >= 11 is 0. The summed E-state index contributed by atoms with van der Waals surface area (Å²) in [6, 6.07) is 8.04.